The Balaban J connectivity index is 1.32. The number of fused-ring (bicyclic) bond motifs is 3. The maximum absolute atomic E-state index is 14.4. The van der Waals surface area contributed by atoms with Crippen molar-refractivity contribution < 1.29 is 32.3 Å². The number of aryl methyl sites for hydroxylation is 1. The Labute approximate surface area is 287 Å². The lowest BCUT2D eigenvalue weighted by Gasteiger charge is -2.35. The highest BCUT2D eigenvalue weighted by atomic mass is 32.2. The van der Waals surface area contributed by atoms with Gasteiger partial charge in [-0.25, -0.2) is 13.4 Å². The molecule has 2 aromatic rings. The van der Waals surface area contributed by atoms with Crippen LogP contribution in [0.15, 0.2) is 43.1 Å². The number of aromatic nitrogens is 1. The highest BCUT2D eigenvalue weighted by Gasteiger charge is 2.62. The molecule has 0 radical (unpaired) electrons. The minimum absolute atomic E-state index is 0.0390. The summed E-state index contributed by atoms with van der Waals surface area (Å²) in [6, 6.07) is 6.12. The van der Waals surface area contributed by atoms with Crippen LogP contribution in [0.1, 0.15) is 84.1 Å². The Morgan fingerprint density at radius 3 is 2.51 bits per heavy atom. The molecule has 2 aliphatic carbocycles. The first-order valence-electron chi connectivity index (χ1n) is 17.4. The largest absolute Gasteiger partial charge is 0.472 e. The first kappa shape index (κ1) is 34.8. The topological polar surface area (TPSA) is 164 Å². The van der Waals surface area contributed by atoms with Crippen molar-refractivity contribution in [1.29, 1.82) is 0 Å². The number of sulfonamides is 1. The van der Waals surface area contributed by atoms with Gasteiger partial charge in [0.15, 0.2) is 0 Å². The summed E-state index contributed by atoms with van der Waals surface area (Å²) >= 11 is 0. The molecule has 12 nitrogen and oxygen atoms in total. The molecule has 13 heteroatoms. The minimum atomic E-state index is -3.87. The van der Waals surface area contributed by atoms with Gasteiger partial charge in [-0.05, 0) is 67.0 Å². The molecule has 6 rings (SSSR count). The number of nitrogens with one attached hydrogen (secondary N) is 3. The fraction of sp³-hybridized carbons (Fsp3) is 0.583. The van der Waals surface area contributed by atoms with E-state index < -0.39 is 68.1 Å². The monoisotopic (exact) mass is 693 g/mol. The van der Waals surface area contributed by atoms with Crippen LogP contribution < -0.4 is 20.1 Å². The van der Waals surface area contributed by atoms with Crippen LogP contribution in [0.5, 0.6) is 5.88 Å². The number of ether oxygens (including phenoxy) is 1. The normalized spacial score (nSPS) is 28.2. The molecule has 3 heterocycles. The van der Waals surface area contributed by atoms with E-state index in [4.69, 9.17) is 4.74 Å². The number of nitrogens with zero attached hydrogens (tertiary/aromatic N) is 2. The van der Waals surface area contributed by atoms with Crippen LogP contribution in [0.2, 0.25) is 0 Å². The van der Waals surface area contributed by atoms with Crippen LogP contribution in [0.4, 0.5) is 0 Å². The number of carbonyl (C=O) groups excluding carboxylic acids is 4. The lowest BCUT2D eigenvalue weighted by atomic mass is 9.85. The van der Waals surface area contributed by atoms with Gasteiger partial charge in [-0.3, -0.25) is 23.9 Å². The van der Waals surface area contributed by atoms with E-state index >= 15 is 0 Å². The van der Waals surface area contributed by atoms with E-state index in [-0.39, 0.29) is 31.7 Å². The summed E-state index contributed by atoms with van der Waals surface area (Å²) in [4.78, 5) is 61.2. The number of amides is 4. The van der Waals surface area contributed by atoms with Crippen molar-refractivity contribution >= 4 is 44.4 Å². The molecule has 0 spiro atoms. The Kier molecular flexibility index (Phi) is 9.51. The van der Waals surface area contributed by atoms with Gasteiger partial charge in [0.1, 0.15) is 23.7 Å². The number of pyridine rings is 1. The third-order valence-corrected chi connectivity index (χ3v) is 12.0. The predicted molar refractivity (Wildman–Crippen MR) is 184 cm³/mol. The van der Waals surface area contributed by atoms with E-state index in [1.54, 1.807) is 6.20 Å². The van der Waals surface area contributed by atoms with E-state index in [0.29, 0.717) is 25.1 Å². The van der Waals surface area contributed by atoms with Crippen molar-refractivity contribution in [2.45, 2.75) is 114 Å². The summed E-state index contributed by atoms with van der Waals surface area (Å²) in [5.74, 6) is -2.18. The smallest absolute Gasteiger partial charge is 0.259 e. The highest BCUT2D eigenvalue weighted by molar-refractivity contribution is 7.91. The molecule has 5 atom stereocenters. The predicted octanol–water partition coefficient (Wildman–Crippen LogP) is 3.29. The molecular weight excluding hydrogens is 646 g/mol. The van der Waals surface area contributed by atoms with Crippen molar-refractivity contribution in [2.75, 3.05) is 6.54 Å². The summed E-state index contributed by atoms with van der Waals surface area (Å²) in [6.45, 7) is 9.39. The molecule has 4 bridgehead atoms. The van der Waals surface area contributed by atoms with E-state index in [2.05, 4.69) is 39.1 Å². The Morgan fingerprint density at radius 1 is 1.10 bits per heavy atom. The van der Waals surface area contributed by atoms with Gasteiger partial charge in [0.2, 0.25) is 33.6 Å². The molecule has 4 amide bonds. The molecular formula is C36H47N5O7S. The average Bonchev–Trinajstić information content (AvgIpc) is 3.97. The fourth-order valence-electron chi connectivity index (χ4n) is 7.01. The van der Waals surface area contributed by atoms with Crippen LogP contribution in [-0.2, 0) is 35.6 Å². The van der Waals surface area contributed by atoms with Crippen LogP contribution in [0, 0.1) is 11.3 Å². The second kappa shape index (κ2) is 13.4. The van der Waals surface area contributed by atoms with Crippen molar-refractivity contribution in [3.8, 4) is 5.88 Å². The highest BCUT2D eigenvalue weighted by Crippen LogP contribution is 2.45. The van der Waals surface area contributed by atoms with Gasteiger partial charge in [-0.1, -0.05) is 51.8 Å². The summed E-state index contributed by atoms with van der Waals surface area (Å²) in [5.41, 5.74) is -1.05. The van der Waals surface area contributed by atoms with E-state index in [1.165, 1.54) is 11.0 Å². The van der Waals surface area contributed by atoms with Crippen LogP contribution in [0.3, 0.4) is 0 Å². The van der Waals surface area contributed by atoms with Crippen molar-refractivity contribution in [1.82, 2.24) is 25.2 Å². The molecule has 1 aromatic carbocycles. The van der Waals surface area contributed by atoms with Crippen LogP contribution in [-0.4, -0.2) is 77.5 Å². The van der Waals surface area contributed by atoms with Crippen molar-refractivity contribution in [3.05, 3.63) is 48.7 Å². The first-order chi connectivity index (χ1) is 23.2. The Hall–Kier alpha value is -4.00. The third kappa shape index (κ3) is 7.46. The molecule has 2 saturated carbocycles. The minimum Gasteiger partial charge on any atom is -0.472 e. The van der Waals surface area contributed by atoms with Crippen molar-refractivity contribution in [2.24, 2.45) is 11.3 Å². The van der Waals surface area contributed by atoms with Gasteiger partial charge in [0.05, 0.1) is 11.8 Å². The molecule has 1 aromatic heterocycles. The van der Waals surface area contributed by atoms with Crippen molar-refractivity contribution in [3.63, 3.8) is 0 Å². The molecule has 264 valence electrons. The Morgan fingerprint density at radius 2 is 1.84 bits per heavy atom. The molecule has 2 aliphatic heterocycles. The molecule has 0 unspecified atom stereocenters. The zero-order valence-corrected chi connectivity index (χ0v) is 29.3. The molecule has 3 fully saturated rings. The fourth-order valence-corrected chi connectivity index (χ4v) is 8.37. The number of carbonyl (C=O) groups is 4. The Bertz CT molecular complexity index is 1770. The quantitative estimate of drug-likeness (QED) is 0.388. The molecule has 4 aliphatic rings. The maximum Gasteiger partial charge on any atom is 0.259 e. The number of benzene rings is 1. The number of hydrogen-bond acceptors (Lipinski definition) is 8. The lowest BCUT2D eigenvalue weighted by Crippen LogP contribution is -2.60. The zero-order valence-electron chi connectivity index (χ0n) is 28.5. The van der Waals surface area contributed by atoms with Gasteiger partial charge >= 0.3 is 0 Å². The SMILES string of the molecule is C=C[C@H]1C[C@]1(NC(=O)[C@@H]1C[C@@H]2CN1C(=O)[C@H](C(C)(C)C)NC(=O)CCCCCCc1ccc3ccnc(c3c1)O2)C(=O)NS(=O)(=O)C1CC1. The second-order valence-corrected chi connectivity index (χ2v) is 17.1. The summed E-state index contributed by atoms with van der Waals surface area (Å²) in [7, 11) is -3.87. The first-order valence-corrected chi connectivity index (χ1v) is 18.9. The van der Waals surface area contributed by atoms with E-state index in [9.17, 15) is 27.6 Å². The molecule has 3 N–H and O–H groups in total. The third-order valence-electron chi connectivity index (χ3n) is 10.2. The maximum atomic E-state index is 14.4. The van der Waals surface area contributed by atoms with Crippen LogP contribution >= 0.6 is 0 Å². The van der Waals surface area contributed by atoms with Crippen LogP contribution in [0.25, 0.3) is 10.8 Å². The van der Waals surface area contributed by atoms with Gasteiger partial charge in [-0.2, -0.15) is 0 Å². The molecule has 49 heavy (non-hydrogen) atoms. The van der Waals surface area contributed by atoms with E-state index in [1.807, 2.05) is 32.9 Å². The average molecular weight is 694 g/mol. The summed E-state index contributed by atoms with van der Waals surface area (Å²) in [5, 5.41) is 6.95. The number of hydrogen-bond donors (Lipinski definition) is 3. The van der Waals surface area contributed by atoms with Gasteiger partial charge in [0.25, 0.3) is 5.91 Å². The van der Waals surface area contributed by atoms with Gasteiger partial charge < -0.3 is 20.3 Å². The molecule has 1 saturated heterocycles. The summed E-state index contributed by atoms with van der Waals surface area (Å²) < 4.78 is 34.0. The summed E-state index contributed by atoms with van der Waals surface area (Å²) in [6.07, 6.45) is 8.45. The van der Waals surface area contributed by atoms with Gasteiger partial charge in [-0.15, -0.1) is 6.58 Å². The number of rotatable bonds is 6. The van der Waals surface area contributed by atoms with Gasteiger partial charge in [0, 0.05) is 30.3 Å². The second-order valence-electron chi connectivity index (χ2n) is 15.1. The zero-order chi connectivity index (χ0) is 35.1. The van der Waals surface area contributed by atoms with E-state index in [0.717, 1.165) is 42.0 Å². The lowest BCUT2D eigenvalue weighted by molar-refractivity contribution is -0.144. The standard InChI is InChI=1S/C36H47N5O7S/c1-5-24-20-36(24,34(45)40-49(46,47)26-14-15-26)39-31(43)28-19-25-21-41(28)33(44)30(35(2,3)4)38-29(42)11-9-7-6-8-10-22-12-13-23-16-17-37-32(48-25)27(23)18-22/h5,12-13,16-18,24-26,28,30H,1,6-11,14-15,19-21H2,2-4H3,(H,38,42)(H,39,43)(H,40,45)/t24-,25+,28-,30+,36+/m0/s1.